The molecule has 1 aromatic heterocycles. The van der Waals surface area contributed by atoms with Crippen LogP contribution in [0.4, 0.5) is 0 Å². The molecule has 0 aliphatic carbocycles. The lowest BCUT2D eigenvalue weighted by Gasteiger charge is -2.40. The van der Waals surface area contributed by atoms with Crippen molar-refractivity contribution in [1.29, 1.82) is 0 Å². The zero-order chi connectivity index (χ0) is 24.6. The van der Waals surface area contributed by atoms with Gasteiger partial charge in [0.15, 0.2) is 6.10 Å². The minimum absolute atomic E-state index is 0.00493. The average molecular weight is 472 g/mol. The van der Waals surface area contributed by atoms with Crippen LogP contribution in [-0.4, -0.2) is 59.9 Å². The summed E-state index contributed by atoms with van der Waals surface area (Å²) in [5, 5.41) is 0. The molecule has 1 aliphatic heterocycles. The third kappa shape index (κ3) is 5.95. The maximum atomic E-state index is 13.3. The second-order valence-corrected chi connectivity index (χ2v) is 9.08. The van der Waals surface area contributed by atoms with Crippen molar-refractivity contribution >= 4 is 11.8 Å². The molecule has 0 unspecified atom stereocenters. The van der Waals surface area contributed by atoms with Crippen molar-refractivity contribution in [3.05, 3.63) is 102 Å². The second-order valence-electron chi connectivity index (χ2n) is 9.08. The number of amides is 2. The van der Waals surface area contributed by atoms with Crippen LogP contribution >= 0.6 is 0 Å². The quantitative estimate of drug-likeness (QED) is 0.489. The Morgan fingerprint density at radius 1 is 0.971 bits per heavy atom. The van der Waals surface area contributed by atoms with Crippen LogP contribution in [-0.2, 0) is 16.0 Å². The Balaban J connectivity index is 1.48. The van der Waals surface area contributed by atoms with Crippen molar-refractivity contribution in [3.8, 4) is 0 Å². The number of pyridine rings is 1. The van der Waals surface area contributed by atoms with E-state index in [1.807, 2.05) is 77.5 Å². The van der Waals surface area contributed by atoms with Crippen molar-refractivity contribution in [2.45, 2.75) is 31.4 Å². The van der Waals surface area contributed by atoms with Gasteiger partial charge in [-0.2, -0.15) is 0 Å². The fourth-order valence-corrected chi connectivity index (χ4v) is 4.97. The van der Waals surface area contributed by atoms with Gasteiger partial charge < -0.3 is 14.5 Å². The van der Waals surface area contributed by atoms with Gasteiger partial charge in [0.2, 0.25) is 0 Å². The van der Waals surface area contributed by atoms with Crippen LogP contribution in [0, 0.1) is 5.92 Å². The predicted molar refractivity (Wildman–Crippen MR) is 136 cm³/mol. The number of piperidine rings is 1. The van der Waals surface area contributed by atoms with Gasteiger partial charge >= 0.3 is 0 Å². The maximum absolute atomic E-state index is 13.3. The molecule has 1 fully saturated rings. The fourth-order valence-electron chi connectivity index (χ4n) is 4.97. The number of carbonyl (C=O) groups is 2. The number of carbonyl (C=O) groups excluding carboxylic acids is 2. The summed E-state index contributed by atoms with van der Waals surface area (Å²) >= 11 is 0. The molecule has 2 amide bonds. The van der Waals surface area contributed by atoms with Gasteiger partial charge in [-0.1, -0.05) is 66.7 Å². The fraction of sp³-hybridized carbons (Fsp3) is 0.345. The minimum Gasteiger partial charge on any atom is -0.367 e. The van der Waals surface area contributed by atoms with Crippen LogP contribution in [0.15, 0.2) is 85.1 Å². The van der Waals surface area contributed by atoms with Gasteiger partial charge in [-0.25, -0.2) is 0 Å². The van der Waals surface area contributed by atoms with E-state index in [2.05, 4.69) is 17.1 Å². The smallest absolute Gasteiger partial charge is 0.272 e. The third-order valence-corrected chi connectivity index (χ3v) is 6.95. The molecular formula is C29H33N3O3. The summed E-state index contributed by atoms with van der Waals surface area (Å²) in [4.78, 5) is 34.5. The number of aromatic nitrogens is 1. The second kappa shape index (κ2) is 11.8. The zero-order valence-electron chi connectivity index (χ0n) is 20.4. The first kappa shape index (κ1) is 24.6. The number of nitrogens with zero attached hydrogens (tertiary/aromatic N) is 3. The number of hydrogen-bond donors (Lipinski definition) is 0. The van der Waals surface area contributed by atoms with Gasteiger partial charge in [0.25, 0.3) is 11.8 Å². The first-order valence-electron chi connectivity index (χ1n) is 12.2. The minimum atomic E-state index is -0.596. The van der Waals surface area contributed by atoms with E-state index in [1.54, 1.807) is 19.4 Å². The number of ether oxygens (including phenoxy) is 1. The first-order chi connectivity index (χ1) is 17.1. The summed E-state index contributed by atoms with van der Waals surface area (Å²) in [5.74, 6) is 0.192. The number of benzene rings is 2. The number of likely N-dealkylation sites (N-methyl/N-ethyl adjacent to an activating group) is 1. The summed E-state index contributed by atoms with van der Waals surface area (Å²) in [6, 6.07) is 25.3. The monoisotopic (exact) mass is 471 g/mol. The summed E-state index contributed by atoms with van der Waals surface area (Å²) < 4.78 is 5.57. The molecule has 0 saturated carbocycles. The molecule has 2 aromatic carbocycles. The Morgan fingerprint density at radius 2 is 1.60 bits per heavy atom. The van der Waals surface area contributed by atoms with Crippen molar-refractivity contribution < 1.29 is 14.3 Å². The molecule has 0 spiro atoms. The molecule has 0 bridgehead atoms. The van der Waals surface area contributed by atoms with E-state index in [4.69, 9.17) is 4.74 Å². The molecule has 35 heavy (non-hydrogen) atoms. The van der Waals surface area contributed by atoms with Gasteiger partial charge in [-0.05, 0) is 48.4 Å². The third-order valence-electron chi connectivity index (χ3n) is 6.95. The molecule has 6 heteroatoms. The molecule has 182 valence electrons. The van der Waals surface area contributed by atoms with Crippen LogP contribution in [0.25, 0.3) is 0 Å². The number of methoxy groups -OCH3 is 1. The maximum Gasteiger partial charge on any atom is 0.272 e. The van der Waals surface area contributed by atoms with Crippen molar-refractivity contribution in [2.24, 2.45) is 5.92 Å². The molecule has 0 radical (unpaired) electrons. The summed E-state index contributed by atoms with van der Waals surface area (Å²) in [7, 11) is 3.45. The highest BCUT2D eigenvalue weighted by molar-refractivity contribution is 5.92. The zero-order valence-corrected chi connectivity index (χ0v) is 20.4. The van der Waals surface area contributed by atoms with Crippen LogP contribution in [0.3, 0.4) is 0 Å². The van der Waals surface area contributed by atoms with Gasteiger partial charge in [0.1, 0.15) is 5.69 Å². The van der Waals surface area contributed by atoms with Gasteiger partial charge in [0.05, 0.1) is 0 Å². The molecule has 2 atom stereocenters. The van der Waals surface area contributed by atoms with Crippen molar-refractivity contribution in [1.82, 2.24) is 14.8 Å². The highest BCUT2D eigenvalue weighted by atomic mass is 16.5. The topological polar surface area (TPSA) is 62.7 Å². The average Bonchev–Trinajstić information content (AvgIpc) is 2.93. The molecule has 1 saturated heterocycles. The van der Waals surface area contributed by atoms with E-state index in [0.717, 1.165) is 24.8 Å². The predicted octanol–water partition coefficient (Wildman–Crippen LogP) is 4.39. The first-order valence-corrected chi connectivity index (χ1v) is 12.2. The van der Waals surface area contributed by atoms with E-state index in [0.29, 0.717) is 18.8 Å². The van der Waals surface area contributed by atoms with E-state index in [1.165, 1.54) is 5.56 Å². The Kier molecular flexibility index (Phi) is 8.27. The van der Waals surface area contributed by atoms with Crippen LogP contribution in [0.2, 0.25) is 0 Å². The number of rotatable bonds is 8. The normalized spacial score (nSPS) is 15.9. The van der Waals surface area contributed by atoms with E-state index < -0.39 is 6.10 Å². The van der Waals surface area contributed by atoms with Crippen LogP contribution < -0.4 is 0 Å². The van der Waals surface area contributed by atoms with E-state index in [9.17, 15) is 9.59 Å². The summed E-state index contributed by atoms with van der Waals surface area (Å²) in [5.41, 5.74) is 2.51. The highest BCUT2D eigenvalue weighted by Crippen LogP contribution is 2.29. The molecule has 2 heterocycles. The molecule has 1 aliphatic rings. The number of hydrogen-bond acceptors (Lipinski definition) is 4. The van der Waals surface area contributed by atoms with E-state index >= 15 is 0 Å². The van der Waals surface area contributed by atoms with Gasteiger partial charge in [-0.3, -0.25) is 14.6 Å². The Bertz CT molecular complexity index is 1080. The Labute approximate surface area is 207 Å². The standard InChI is InChI=1S/C29H33N3O3/c1-31(28(33)25-15-9-10-18-30-25)26(21-22-11-5-3-6-12-22)23-16-19-32(20-17-23)29(34)27(35-2)24-13-7-4-8-14-24/h3-15,18,23,26-27H,16-17,19-21H2,1-2H3/t26-,27+/m0/s1. The molecular weight excluding hydrogens is 438 g/mol. The van der Waals surface area contributed by atoms with Crippen LogP contribution in [0.1, 0.15) is 40.6 Å². The summed E-state index contributed by atoms with van der Waals surface area (Å²) in [6.45, 7) is 1.29. The molecule has 4 rings (SSSR count). The lowest BCUT2D eigenvalue weighted by molar-refractivity contribution is -0.144. The Hall–Kier alpha value is -3.51. The SMILES string of the molecule is CO[C@@H](C(=O)N1CCC([C@H](Cc2ccccc2)N(C)C(=O)c2ccccn2)CC1)c1ccccc1. The molecule has 0 N–H and O–H groups in total. The van der Waals surface area contributed by atoms with Crippen molar-refractivity contribution in [2.75, 3.05) is 27.2 Å². The van der Waals surface area contributed by atoms with Gasteiger partial charge in [-0.15, -0.1) is 0 Å². The number of likely N-dealkylation sites (tertiary alicyclic amines) is 1. The molecule has 6 nitrogen and oxygen atoms in total. The van der Waals surface area contributed by atoms with E-state index in [-0.39, 0.29) is 23.8 Å². The lowest BCUT2D eigenvalue weighted by Crippen LogP contribution is -2.49. The Morgan fingerprint density at radius 3 is 2.20 bits per heavy atom. The van der Waals surface area contributed by atoms with Crippen molar-refractivity contribution in [3.63, 3.8) is 0 Å². The lowest BCUT2D eigenvalue weighted by atomic mass is 9.84. The molecule has 3 aromatic rings. The van der Waals surface area contributed by atoms with Gasteiger partial charge in [0, 0.05) is 39.5 Å². The van der Waals surface area contributed by atoms with Crippen LogP contribution in [0.5, 0.6) is 0 Å². The summed E-state index contributed by atoms with van der Waals surface area (Å²) in [6.07, 6.45) is 3.47. The highest BCUT2D eigenvalue weighted by Gasteiger charge is 2.35. The largest absolute Gasteiger partial charge is 0.367 e.